The van der Waals surface area contributed by atoms with E-state index in [0.717, 1.165) is 31.8 Å². The van der Waals surface area contributed by atoms with E-state index < -0.39 is 0 Å². The number of aromatic nitrogens is 3. The monoisotopic (exact) mass is 264 g/mol. The van der Waals surface area contributed by atoms with E-state index in [1.54, 1.807) is 0 Å². The Kier molecular flexibility index (Phi) is 4.29. The van der Waals surface area contributed by atoms with E-state index in [1.807, 2.05) is 0 Å². The predicted octanol–water partition coefficient (Wildman–Crippen LogP) is 2.95. The van der Waals surface area contributed by atoms with E-state index in [4.69, 9.17) is 0 Å². The SMILES string of the molecule is CCCC1NCCn2c(CC(C)C(C)(C)C)nnc21. The molecule has 0 saturated heterocycles. The molecule has 1 N–H and O–H groups in total. The highest BCUT2D eigenvalue weighted by Gasteiger charge is 2.27. The Morgan fingerprint density at radius 1 is 1.37 bits per heavy atom. The molecule has 1 aliphatic heterocycles. The molecule has 1 aromatic heterocycles. The first-order chi connectivity index (χ1) is 8.93. The number of hydrogen-bond donors (Lipinski definition) is 1. The summed E-state index contributed by atoms with van der Waals surface area (Å²) in [6, 6.07) is 0.393. The molecule has 0 amide bonds. The van der Waals surface area contributed by atoms with Crippen LogP contribution in [0.15, 0.2) is 0 Å². The average molecular weight is 264 g/mol. The first-order valence-electron chi connectivity index (χ1n) is 7.58. The van der Waals surface area contributed by atoms with E-state index in [0.29, 0.717) is 17.4 Å². The van der Waals surface area contributed by atoms with Crippen molar-refractivity contribution in [2.75, 3.05) is 6.54 Å². The normalized spacial score (nSPS) is 21.2. The van der Waals surface area contributed by atoms with Gasteiger partial charge in [-0.1, -0.05) is 41.0 Å². The minimum Gasteiger partial charge on any atom is -0.312 e. The molecular weight excluding hydrogens is 236 g/mol. The summed E-state index contributed by atoms with van der Waals surface area (Å²) in [5.41, 5.74) is 0.322. The van der Waals surface area contributed by atoms with Gasteiger partial charge in [0.05, 0.1) is 6.04 Å². The number of nitrogens with zero attached hydrogens (tertiary/aromatic N) is 3. The van der Waals surface area contributed by atoms with Gasteiger partial charge in [-0.3, -0.25) is 0 Å². The van der Waals surface area contributed by atoms with Gasteiger partial charge in [0.2, 0.25) is 0 Å². The zero-order valence-corrected chi connectivity index (χ0v) is 13.0. The second-order valence-electron chi connectivity index (χ2n) is 6.89. The summed E-state index contributed by atoms with van der Waals surface area (Å²) in [5, 5.41) is 12.4. The van der Waals surface area contributed by atoms with Crippen LogP contribution in [0, 0.1) is 11.3 Å². The molecule has 0 spiro atoms. The van der Waals surface area contributed by atoms with Crippen LogP contribution in [0.3, 0.4) is 0 Å². The third-order valence-corrected chi connectivity index (χ3v) is 4.44. The standard InChI is InChI=1S/C15H28N4/c1-6-7-12-14-18-17-13(19(14)9-8-16-12)10-11(2)15(3,4)5/h11-12,16H,6-10H2,1-5H3. The van der Waals surface area contributed by atoms with Gasteiger partial charge in [-0.25, -0.2) is 0 Å². The highest BCUT2D eigenvalue weighted by atomic mass is 15.3. The first-order valence-corrected chi connectivity index (χ1v) is 7.58. The molecule has 0 saturated carbocycles. The number of nitrogens with one attached hydrogen (secondary N) is 1. The average Bonchev–Trinajstić information content (AvgIpc) is 2.73. The Morgan fingerprint density at radius 3 is 2.74 bits per heavy atom. The van der Waals surface area contributed by atoms with Crippen molar-refractivity contribution in [3.05, 3.63) is 11.6 Å². The largest absolute Gasteiger partial charge is 0.312 e. The molecule has 0 aliphatic carbocycles. The van der Waals surface area contributed by atoms with Crippen LogP contribution in [0.2, 0.25) is 0 Å². The fraction of sp³-hybridized carbons (Fsp3) is 0.867. The second kappa shape index (κ2) is 5.61. The highest BCUT2D eigenvalue weighted by molar-refractivity contribution is 5.05. The van der Waals surface area contributed by atoms with Crippen LogP contribution in [-0.4, -0.2) is 21.3 Å². The maximum Gasteiger partial charge on any atom is 0.150 e. The summed E-state index contributed by atoms with van der Waals surface area (Å²) in [6.07, 6.45) is 3.35. The molecule has 2 unspecified atom stereocenters. The minimum atomic E-state index is 0.322. The van der Waals surface area contributed by atoms with Crippen LogP contribution in [0.1, 0.15) is 65.2 Å². The lowest BCUT2D eigenvalue weighted by Crippen LogP contribution is -2.34. The lowest BCUT2D eigenvalue weighted by atomic mass is 9.80. The molecule has 108 valence electrons. The van der Waals surface area contributed by atoms with Gasteiger partial charge in [0.1, 0.15) is 11.6 Å². The van der Waals surface area contributed by atoms with Crippen LogP contribution in [0.4, 0.5) is 0 Å². The fourth-order valence-electron chi connectivity index (χ4n) is 2.54. The zero-order chi connectivity index (χ0) is 14.0. The van der Waals surface area contributed by atoms with E-state index in [9.17, 15) is 0 Å². The van der Waals surface area contributed by atoms with E-state index >= 15 is 0 Å². The van der Waals surface area contributed by atoms with Gasteiger partial charge in [0, 0.05) is 19.5 Å². The van der Waals surface area contributed by atoms with Gasteiger partial charge in [0.15, 0.2) is 0 Å². The molecule has 0 bridgehead atoms. The minimum absolute atomic E-state index is 0.322. The van der Waals surface area contributed by atoms with Gasteiger partial charge < -0.3 is 9.88 Å². The van der Waals surface area contributed by atoms with Crippen molar-refractivity contribution in [3.63, 3.8) is 0 Å². The first kappa shape index (κ1) is 14.5. The van der Waals surface area contributed by atoms with E-state index in [1.165, 1.54) is 12.2 Å². The third-order valence-electron chi connectivity index (χ3n) is 4.44. The molecule has 1 aromatic rings. The Morgan fingerprint density at radius 2 is 2.11 bits per heavy atom. The lowest BCUT2D eigenvalue weighted by molar-refractivity contribution is 0.253. The Hall–Kier alpha value is -0.900. The van der Waals surface area contributed by atoms with E-state index in [2.05, 4.69) is 54.7 Å². The molecule has 0 aromatic carbocycles. The lowest BCUT2D eigenvalue weighted by Gasteiger charge is -2.28. The van der Waals surface area contributed by atoms with Crippen LogP contribution < -0.4 is 5.32 Å². The molecule has 4 nitrogen and oxygen atoms in total. The summed E-state index contributed by atoms with van der Waals surface area (Å²) in [4.78, 5) is 0. The second-order valence-corrected chi connectivity index (χ2v) is 6.89. The Bertz CT molecular complexity index is 416. The molecule has 0 radical (unpaired) electrons. The summed E-state index contributed by atoms with van der Waals surface area (Å²) >= 11 is 0. The number of fused-ring (bicyclic) bond motifs is 1. The van der Waals surface area contributed by atoms with Gasteiger partial charge in [-0.05, 0) is 17.8 Å². The van der Waals surface area contributed by atoms with Crippen molar-refractivity contribution in [2.45, 2.75) is 66.5 Å². The number of rotatable bonds is 4. The number of hydrogen-bond acceptors (Lipinski definition) is 3. The van der Waals surface area contributed by atoms with Gasteiger partial charge in [-0.2, -0.15) is 0 Å². The molecule has 2 atom stereocenters. The smallest absolute Gasteiger partial charge is 0.150 e. The highest BCUT2D eigenvalue weighted by Crippen LogP contribution is 2.29. The molecule has 0 fully saturated rings. The van der Waals surface area contributed by atoms with Crippen LogP contribution in [0.25, 0.3) is 0 Å². The maximum atomic E-state index is 4.46. The fourth-order valence-corrected chi connectivity index (χ4v) is 2.54. The van der Waals surface area contributed by atoms with Crippen molar-refractivity contribution < 1.29 is 0 Å². The van der Waals surface area contributed by atoms with Crippen LogP contribution >= 0.6 is 0 Å². The molecule has 4 heteroatoms. The molecule has 1 aliphatic rings. The third kappa shape index (κ3) is 3.16. The Balaban J connectivity index is 2.16. The molecule has 2 heterocycles. The van der Waals surface area contributed by atoms with Crippen molar-refractivity contribution >= 4 is 0 Å². The van der Waals surface area contributed by atoms with Crippen LogP contribution in [-0.2, 0) is 13.0 Å². The van der Waals surface area contributed by atoms with Crippen molar-refractivity contribution in [2.24, 2.45) is 11.3 Å². The van der Waals surface area contributed by atoms with Crippen molar-refractivity contribution in [1.82, 2.24) is 20.1 Å². The molecule has 19 heavy (non-hydrogen) atoms. The molecule has 2 rings (SSSR count). The Labute approximate surface area is 117 Å². The topological polar surface area (TPSA) is 42.7 Å². The van der Waals surface area contributed by atoms with Gasteiger partial charge in [-0.15, -0.1) is 10.2 Å². The van der Waals surface area contributed by atoms with E-state index in [-0.39, 0.29) is 0 Å². The maximum absolute atomic E-state index is 4.46. The summed E-state index contributed by atoms with van der Waals surface area (Å²) in [7, 11) is 0. The summed E-state index contributed by atoms with van der Waals surface area (Å²) < 4.78 is 2.35. The summed E-state index contributed by atoms with van der Waals surface area (Å²) in [6.45, 7) is 13.5. The predicted molar refractivity (Wildman–Crippen MR) is 78.0 cm³/mol. The van der Waals surface area contributed by atoms with Gasteiger partial charge >= 0.3 is 0 Å². The van der Waals surface area contributed by atoms with Gasteiger partial charge in [0.25, 0.3) is 0 Å². The molecular formula is C15H28N4. The van der Waals surface area contributed by atoms with Crippen LogP contribution in [0.5, 0.6) is 0 Å². The van der Waals surface area contributed by atoms with Crippen molar-refractivity contribution in [1.29, 1.82) is 0 Å². The quantitative estimate of drug-likeness (QED) is 0.909. The summed E-state index contributed by atoms with van der Waals surface area (Å²) in [5.74, 6) is 2.92. The zero-order valence-electron chi connectivity index (χ0n) is 13.0. The van der Waals surface area contributed by atoms with Crippen molar-refractivity contribution in [3.8, 4) is 0 Å².